The number of alkyl halides is 1. The Bertz CT molecular complexity index is 1350. The van der Waals surface area contributed by atoms with Crippen LogP contribution in [0.1, 0.15) is 12.5 Å². The summed E-state index contributed by atoms with van der Waals surface area (Å²) in [7, 11) is 0. The molecular formula is C24H26ClN7O2. The average molecular weight is 480 g/mol. The number of fused-ring (bicyclic) bond motifs is 1. The zero-order chi connectivity index (χ0) is 23.7. The number of hydrogen-bond acceptors (Lipinski definition) is 8. The van der Waals surface area contributed by atoms with Crippen molar-refractivity contribution >= 4 is 51.5 Å². The lowest BCUT2D eigenvalue weighted by Crippen LogP contribution is -2.50. The molecule has 0 saturated carbocycles. The minimum absolute atomic E-state index is 0.0258. The largest absolute Gasteiger partial charge is 0.417 e. The number of likely N-dealkylation sites (N-methyl/N-ethyl adjacent to an activating group) is 1. The van der Waals surface area contributed by atoms with Gasteiger partial charge in [-0.15, -0.1) is 11.6 Å². The number of H-pyrrole nitrogens is 1. The number of piperazine rings is 1. The third-order valence-electron chi connectivity index (χ3n) is 5.97. The van der Waals surface area contributed by atoms with E-state index < -0.39 is 5.76 Å². The van der Waals surface area contributed by atoms with Crippen molar-refractivity contribution in [3.05, 3.63) is 64.8 Å². The van der Waals surface area contributed by atoms with E-state index in [1.54, 1.807) is 18.3 Å². The minimum atomic E-state index is -0.478. The summed E-state index contributed by atoms with van der Waals surface area (Å²) in [6, 6.07) is 13.6. The highest BCUT2D eigenvalue weighted by molar-refractivity contribution is 6.20. The highest BCUT2D eigenvalue weighted by Gasteiger charge is 2.24. The number of aryl methyl sites for hydroxylation is 1. The molecule has 1 saturated heterocycles. The number of benzene rings is 2. The molecule has 1 atom stereocenters. The Morgan fingerprint density at radius 3 is 2.71 bits per heavy atom. The van der Waals surface area contributed by atoms with Gasteiger partial charge in [0.2, 0.25) is 5.95 Å². The molecule has 2 aromatic carbocycles. The third kappa shape index (κ3) is 4.71. The molecule has 0 spiro atoms. The van der Waals surface area contributed by atoms with Gasteiger partial charge in [0.15, 0.2) is 5.58 Å². The maximum Gasteiger partial charge on any atom is 0.417 e. The molecule has 1 aliphatic rings. The van der Waals surface area contributed by atoms with Crippen molar-refractivity contribution in [2.24, 2.45) is 0 Å². The first-order valence-corrected chi connectivity index (χ1v) is 11.7. The van der Waals surface area contributed by atoms with Gasteiger partial charge in [-0.3, -0.25) is 9.88 Å². The van der Waals surface area contributed by atoms with Gasteiger partial charge in [0, 0.05) is 48.5 Å². The summed E-state index contributed by atoms with van der Waals surface area (Å²) in [6.45, 7) is 7.76. The van der Waals surface area contributed by atoms with E-state index in [-0.39, 0.29) is 5.50 Å². The highest BCUT2D eigenvalue weighted by Crippen LogP contribution is 2.25. The van der Waals surface area contributed by atoms with Crippen molar-refractivity contribution in [3.8, 4) is 0 Å². The second-order valence-electron chi connectivity index (χ2n) is 8.26. The van der Waals surface area contributed by atoms with Crippen molar-refractivity contribution in [2.75, 3.05) is 41.7 Å². The summed E-state index contributed by atoms with van der Waals surface area (Å²) in [5.74, 6) is 0.672. The summed E-state index contributed by atoms with van der Waals surface area (Å²) in [6.07, 6.45) is 1.76. The Morgan fingerprint density at radius 2 is 1.94 bits per heavy atom. The fraction of sp³-hybridized carbons (Fsp3) is 0.292. The highest BCUT2D eigenvalue weighted by atomic mass is 35.5. The zero-order valence-electron chi connectivity index (χ0n) is 19.0. The third-order valence-corrected chi connectivity index (χ3v) is 6.39. The summed E-state index contributed by atoms with van der Waals surface area (Å²) in [5.41, 5.74) is 4.87. The van der Waals surface area contributed by atoms with Crippen molar-refractivity contribution in [3.63, 3.8) is 0 Å². The van der Waals surface area contributed by atoms with E-state index in [1.165, 1.54) is 0 Å². The first-order valence-electron chi connectivity index (χ1n) is 11.2. The Morgan fingerprint density at radius 1 is 1.15 bits per heavy atom. The fourth-order valence-corrected chi connectivity index (χ4v) is 4.45. The molecule has 5 rings (SSSR count). The van der Waals surface area contributed by atoms with E-state index in [0.29, 0.717) is 22.9 Å². The van der Waals surface area contributed by atoms with Gasteiger partial charge in [-0.2, -0.15) is 4.98 Å². The van der Waals surface area contributed by atoms with Crippen LogP contribution in [0.3, 0.4) is 0 Å². The van der Waals surface area contributed by atoms with Gasteiger partial charge < -0.3 is 20.0 Å². The Labute approximate surface area is 201 Å². The lowest BCUT2D eigenvalue weighted by molar-refractivity contribution is 0.243. The van der Waals surface area contributed by atoms with Gasteiger partial charge in [-0.05, 0) is 55.9 Å². The van der Waals surface area contributed by atoms with Gasteiger partial charge in [0.1, 0.15) is 11.3 Å². The first-order chi connectivity index (χ1) is 16.5. The molecule has 34 heavy (non-hydrogen) atoms. The topological polar surface area (TPSA) is 102 Å². The zero-order valence-corrected chi connectivity index (χ0v) is 19.8. The SMILES string of the molecule is CCN1CCN(c2ccc(Nc3ncc(C)c(Nc4ccc5oc(=O)[nH]c5c4)n3)cc2)CC1Cl. The van der Waals surface area contributed by atoms with Gasteiger partial charge in [-0.25, -0.2) is 9.78 Å². The maximum absolute atomic E-state index is 11.4. The Kier molecular flexibility index (Phi) is 6.12. The number of nitrogens with zero attached hydrogens (tertiary/aromatic N) is 4. The van der Waals surface area contributed by atoms with Crippen LogP contribution < -0.4 is 21.3 Å². The molecule has 9 nitrogen and oxygen atoms in total. The molecule has 1 aliphatic heterocycles. The average Bonchev–Trinajstić information content (AvgIpc) is 3.21. The quantitative estimate of drug-likeness (QED) is 0.276. The van der Waals surface area contributed by atoms with Crippen LogP contribution in [-0.4, -0.2) is 51.5 Å². The van der Waals surface area contributed by atoms with E-state index in [2.05, 4.69) is 54.4 Å². The smallest absolute Gasteiger partial charge is 0.408 e. The predicted octanol–water partition coefficient (Wildman–Crippen LogP) is 4.41. The van der Waals surface area contributed by atoms with E-state index in [9.17, 15) is 4.79 Å². The normalized spacial score (nSPS) is 16.7. The van der Waals surface area contributed by atoms with Crippen molar-refractivity contribution < 1.29 is 4.42 Å². The van der Waals surface area contributed by atoms with Gasteiger partial charge in [-0.1, -0.05) is 6.92 Å². The van der Waals surface area contributed by atoms with E-state index in [0.717, 1.165) is 48.8 Å². The van der Waals surface area contributed by atoms with Crippen molar-refractivity contribution in [2.45, 2.75) is 19.3 Å². The molecule has 0 aliphatic carbocycles. The number of aromatic nitrogens is 3. The second kappa shape index (κ2) is 9.36. The Balaban J connectivity index is 1.28. The van der Waals surface area contributed by atoms with Gasteiger partial charge in [0.05, 0.1) is 5.52 Å². The lowest BCUT2D eigenvalue weighted by Gasteiger charge is -2.39. The van der Waals surface area contributed by atoms with E-state index >= 15 is 0 Å². The maximum atomic E-state index is 11.4. The van der Waals surface area contributed by atoms with Crippen LogP contribution in [0.4, 0.5) is 28.8 Å². The number of anilines is 5. The summed E-state index contributed by atoms with van der Waals surface area (Å²) < 4.78 is 5.06. The summed E-state index contributed by atoms with van der Waals surface area (Å²) >= 11 is 6.51. The van der Waals surface area contributed by atoms with Crippen LogP contribution in [0.2, 0.25) is 0 Å². The van der Waals surface area contributed by atoms with E-state index in [4.69, 9.17) is 16.0 Å². The van der Waals surface area contributed by atoms with Gasteiger partial charge >= 0.3 is 5.76 Å². The molecule has 10 heteroatoms. The standard InChI is InChI=1S/C24H26ClN7O2/c1-3-31-10-11-32(14-21(31)25)18-7-4-16(5-8-18)28-23-26-13-15(2)22(30-23)27-17-6-9-20-19(12-17)29-24(33)34-20/h4-9,12-13,21H,3,10-11,14H2,1-2H3,(H,29,33)(H2,26,27,28,30). The van der Waals surface area contributed by atoms with Crippen LogP contribution in [0.25, 0.3) is 11.1 Å². The Hall–Kier alpha value is -3.56. The molecule has 4 aromatic rings. The second-order valence-corrected chi connectivity index (χ2v) is 8.76. The monoisotopic (exact) mass is 479 g/mol. The summed E-state index contributed by atoms with van der Waals surface area (Å²) in [5, 5.41) is 6.55. The number of oxazole rings is 1. The van der Waals surface area contributed by atoms with Crippen LogP contribution in [-0.2, 0) is 0 Å². The van der Waals surface area contributed by atoms with Crippen LogP contribution in [0.5, 0.6) is 0 Å². The van der Waals surface area contributed by atoms with E-state index in [1.807, 2.05) is 25.1 Å². The van der Waals surface area contributed by atoms with Crippen LogP contribution >= 0.6 is 11.6 Å². The summed E-state index contributed by atoms with van der Waals surface area (Å²) in [4.78, 5) is 27.7. The van der Waals surface area contributed by atoms with Crippen LogP contribution in [0.15, 0.2) is 57.9 Å². The number of halogens is 1. The molecule has 2 aromatic heterocycles. The molecule has 0 amide bonds. The number of nitrogens with one attached hydrogen (secondary N) is 3. The molecule has 0 radical (unpaired) electrons. The molecule has 176 valence electrons. The number of rotatable bonds is 6. The minimum Gasteiger partial charge on any atom is -0.408 e. The number of hydrogen-bond donors (Lipinski definition) is 3. The van der Waals surface area contributed by atoms with Crippen LogP contribution in [0, 0.1) is 6.92 Å². The first kappa shape index (κ1) is 22.2. The molecule has 3 N–H and O–H groups in total. The van der Waals surface area contributed by atoms with Crippen molar-refractivity contribution in [1.82, 2.24) is 19.9 Å². The van der Waals surface area contributed by atoms with Crippen molar-refractivity contribution in [1.29, 1.82) is 0 Å². The lowest BCUT2D eigenvalue weighted by atomic mass is 10.2. The fourth-order valence-electron chi connectivity index (χ4n) is 4.05. The molecule has 1 fully saturated rings. The molecule has 0 bridgehead atoms. The number of aromatic amines is 1. The molecule has 1 unspecified atom stereocenters. The van der Waals surface area contributed by atoms with Gasteiger partial charge in [0.25, 0.3) is 0 Å². The molecule has 3 heterocycles. The predicted molar refractivity (Wildman–Crippen MR) is 136 cm³/mol. The molecular weight excluding hydrogens is 454 g/mol.